The van der Waals surface area contributed by atoms with Gasteiger partial charge in [0.05, 0.1) is 5.56 Å². The second kappa shape index (κ2) is 8.09. The number of nitrogens with one attached hydrogen (secondary N) is 2. The van der Waals surface area contributed by atoms with E-state index in [2.05, 4.69) is 20.6 Å². The van der Waals surface area contributed by atoms with Crippen LogP contribution in [0.3, 0.4) is 0 Å². The molecule has 0 saturated heterocycles. The van der Waals surface area contributed by atoms with Crippen molar-refractivity contribution in [2.45, 2.75) is 43.9 Å². The minimum Gasteiger partial charge on any atom is -0.368 e. The quantitative estimate of drug-likeness (QED) is 0.478. The largest absolute Gasteiger partial charge is 0.434 e. The molecule has 0 atom stereocenters. The SMILES string of the molecule is Cn1ccc2c(C(=O)NC3CCC(Nc4cccc5nc(C(F)(F)F)cn45)CC3)ccnc21. The molecule has 0 aliphatic heterocycles. The van der Waals surface area contributed by atoms with Crippen LogP contribution in [-0.4, -0.2) is 36.9 Å². The highest BCUT2D eigenvalue weighted by molar-refractivity contribution is 6.05. The van der Waals surface area contributed by atoms with E-state index in [0.717, 1.165) is 42.9 Å². The molecule has 4 heterocycles. The van der Waals surface area contributed by atoms with E-state index in [0.29, 0.717) is 11.4 Å². The highest BCUT2D eigenvalue weighted by Gasteiger charge is 2.34. The first-order valence-corrected chi connectivity index (χ1v) is 10.8. The lowest BCUT2D eigenvalue weighted by atomic mass is 9.91. The number of hydrogen-bond acceptors (Lipinski definition) is 4. The Morgan fingerprint density at radius 3 is 2.61 bits per heavy atom. The third kappa shape index (κ3) is 4.12. The van der Waals surface area contributed by atoms with Crippen LogP contribution in [0.2, 0.25) is 0 Å². The summed E-state index contributed by atoms with van der Waals surface area (Å²) >= 11 is 0. The molecular formula is C23H23F3N6O. The molecular weight excluding hydrogens is 433 g/mol. The normalized spacial score (nSPS) is 19.2. The topological polar surface area (TPSA) is 76.2 Å². The summed E-state index contributed by atoms with van der Waals surface area (Å²) in [7, 11) is 1.89. The fourth-order valence-electron chi connectivity index (χ4n) is 4.48. The molecule has 0 radical (unpaired) electrons. The van der Waals surface area contributed by atoms with Gasteiger partial charge in [-0.05, 0) is 49.9 Å². The monoisotopic (exact) mass is 456 g/mol. The molecule has 0 unspecified atom stereocenters. The van der Waals surface area contributed by atoms with Crippen molar-refractivity contribution in [1.29, 1.82) is 0 Å². The Bertz CT molecular complexity index is 1320. The number of alkyl halides is 3. The van der Waals surface area contributed by atoms with Crippen LogP contribution in [0.15, 0.2) is 48.9 Å². The number of carbonyl (C=O) groups excluding carboxylic acids is 1. The molecule has 33 heavy (non-hydrogen) atoms. The minimum absolute atomic E-state index is 0.0448. The lowest BCUT2D eigenvalue weighted by molar-refractivity contribution is -0.140. The van der Waals surface area contributed by atoms with Gasteiger partial charge in [-0.3, -0.25) is 9.20 Å². The Hall–Kier alpha value is -3.56. The molecule has 0 bridgehead atoms. The van der Waals surface area contributed by atoms with Gasteiger partial charge in [-0.1, -0.05) is 6.07 Å². The number of amides is 1. The molecule has 4 aromatic rings. The highest BCUT2D eigenvalue weighted by Crippen LogP contribution is 2.30. The van der Waals surface area contributed by atoms with Crippen LogP contribution in [-0.2, 0) is 13.2 Å². The van der Waals surface area contributed by atoms with Gasteiger partial charge < -0.3 is 15.2 Å². The van der Waals surface area contributed by atoms with Crippen molar-refractivity contribution in [2.24, 2.45) is 7.05 Å². The van der Waals surface area contributed by atoms with E-state index in [-0.39, 0.29) is 23.6 Å². The van der Waals surface area contributed by atoms with Crippen molar-refractivity contribution in [2.75, 3.05) is 5.32 Å². The Morgan fingerprint density at radius 2 is 1.85 bits per heavy atom. The average molecular weight is 456 g/mol. The van der Waals surface area contributed by atoms with Gasteiger partial charge in [0.2, 0.25) is 0 Å². The molecule has 1 fully saturated rings. The number of fused-ring (bicyclic) bond motifs is 2. The van der Waals surface area contributed by atoms with Crippen LogP contribution in [0.4, 0.5) is 19.0 Å². The van der Waals surface area contributed by atoms with E-state index in [1.165, 1.54) is 4.40 Å². The summed E-state index contributed by atoms with van der Waals surface area (Å²) in [5.41, 5.74) is 0.704. The van der Waals surface area contributed by atoms with Gasteiger partial charge in [-0.15, -0.1) is 0 Å². The van der Waals surface area contributed by atoms with Gasteiger partial charge in [0, 0.05) is 43.1 Å². The Balaban J connectivity index is 1.23. The molecule has 5 rings (SSSR count). The molecule has 0 spiro atoms. The predicted molar refractivity (Wildman–Crippen MR) is 118 cm³/mol. The molecule has 7 nitrogen and oxygen atoms in total. The van der Waals surface area contributed by atoms with Crippen molar-refractivity contribution in [3.05, 3.63) is 60.2 Å². The first-order valence-electron chi connectivity index (χ1n) is 10.8. The number of carbonyl (C=O) groups is 1. The molecule has 1 aliphatic carbocycles. The average Bonchev–Trinajstić information content (AvgIpc) is 3.40. The van der Waals surface area contributed by atoms with Gasteiger partial charge in [0.1, 0.15) is 17.1 Å². The third-order valence-corrected chi connectivity index (χ3v) is 6.21. The third-order valence-electron chi connectivity index (χ3n) is 6.21. The van der Waals surface area contributed by atoms with Crippen LogP contribution in [0.5, 0.6) is 0 Å². The Labute approximate surface area is 187 Å². The van der Waals surface area contributed by atoms with Crippen LogP contribution >= 0.6 is 0 Å². The lowest BCUT2D eigenvalue weighted by Gasteiger charge is -2.30. The maximum absolute atomic E-state index is 13.0. The summed E-state index contributed by atoms with van der Waals surface area (Å²) < 4.78 is 42.4. The predicted octanol–water partition coefficient (Wildman–Crippen LogP) is 4.39. The van der Waals surface area contributed by atoms with Gasteiger partial charge in [0.15, 0.2) is 5.69 Å². The Kier molecular flexibility index (Phi) is 5.22. The van der Waals surface area contributed by atoms with Crippen molar-refractivity contribution >= 4 is 28.4 Å². The number of anilines is 1. The number of aryl methyl sites for hydroxylation is 1. The van der Waals surface area contributed by atoms with Crippen LogP contribution in [0, 0.1) is 0 Å². The summed E-state index contributed by atoms with van der Waals surface area (Å²) in [6.07, 6.45) is 3.18. The van der Waals surface area contributed by atoms with Crippen LogP contribution in [0.1, 0.15) is 41.7 Å². The van der Waals surface area contributed by atoms with Crippen LogP contribution in [0.25, 0.3) is 16.7 Å². The number of nitrogens with zero attached hydrogens (tertiary/aromatic N) is 4. The first kappa shape index (κ1) is 21.3. The second-order valence-electron chi connectivity index (χ2n) is 8.45. The van der Waals surface area contributed by atoms with Gasteiger partial charge >= 0.3 is 6.18 Å². The molecule has 4 aromatic heterocycles. The molecule has 2 N–H and O–H groups in total. The molecule has 1 amide bonds. The summed E-state index contributed by atoms with van der Waals surface area (Å²) in [5, 5.41) is 7.30. The number of pyridine rings is 2. The van der Waals surface area contributed by atoms with E-state index in [1.54, 1.807) is 30.5 Å². The maximum atomic E-state index is 13.0. The number of imidazole rings is 1. The van der Waals surface area contributed by atoms with Crippen molar-refractivity contribution in [3.8, 4) is 0 Å². The molecule has 1 saturated carbocycles. The van der Waals surface area contributed by atoms with E-state index in [4.69, 9.17) is 0 Å². The van der Waals surface area contributed by atoms with Crippen LogP contribution < -0.4 is 10.6 Å². The summed E-state index contributed by atoms with van der Waals surface area (Å²) in [6.45, 7) is 0. The summed E-state index contributed by atoms with van der Waals surface area (Å²) in [4.78, 5) is 20.9. The second-order valence-corrected chi connectivity index (χ2v) is 8.45. The Morgan fingerprint density at radius 1 is 1.09 bits per heavy atom. The summed E-state index contributed by atoms with van der Waals surface area (Å²) in [6, 6.07) is 8.75. The first-order chi connectivity index (χ1) is 15.8. The zero-order valence-electron chi connectivity index (χ0n) is 17.9. The van der Waals surface area contributed by atoms with E-state index >= 15 is 0 Å². The van der Waals surface area contributed by atoms with E-state index in [9.17, 15) is 18.0 Å². The summed E-state index contributed by atoms with van der Waals surface area (Å²) in [5.74, 6) is 0.458. The van der Waals surface area contributed by atoms with Crippen molar-refractivity contribution in [1.82, 2.24) is 24.3 Å². The number of halogens is 3. The lowest BCUT2D eigenvalue weighted by Crippen LogP contribution is -2.40. The number of aromatic nitrogens is 4. The minimum atomic E-state index is -4.49. The highest BCUT2D eigenvalue weighted by atomic mass is 19.4. The zero-order chi connectivity index (χ0) is 23.2. The van der Waals surface area contributed by atoms with E-state index < -0.39 is 11.9 Å². The molecule has 1 aliphatic rings. The van der Waals surface area contributed by atoms with Gasteiger partial charge in [0.25, 0.3) is 5.91 Å². The van der Waals surface area contributed by atoms with Gasteiger partial charge in [-0.2, -0.15) is 13.2 Å². The zero-order valence-corrected chi connectivity index (χ0v) is 17.9. The fourth-order valence-corrected chi connectivity index (χ4v) is 4.48. The molecule has 0 aromatic carbocycles. The van der Waals surface area contributed by atoms with Crippen molar-refractivity contribution < 1.29 is 18.0 Å². The van der Waals surface area contributed by atoms with Crippen molar-refractivity contribution in [3.63, 3.8) is 0 Å². The van der Waals surface area contributed by atoms with E-state index in [1.807, 2.05) is 23.9 Å². The molecule has 172 valence electrons. The fraction of sp³-hybridized carbons (Fsp3) is 0.348. The smallest absolute Gasteiger partial charge is 0.368 e. The maximum Gasteiger partial charge on any atom is 0.434 e. The standard InChI is InChI=1S/C23H23F3N6O/c1-31-12-10-16-17(9-11-27-21(16)31)22(33)29-15-7-5-14(6-8-15)28-19-3-2-4-20-30-18(13-32(19)20)23(24,25)26/h2-4,9-15,28H,5-8H2,1H3,(H,29,33). The number of hydrogen-bond donors (Lipinski definition) is 2. The molecule has 10 heteroatoms. The van der Waals surface area contributed by atoms with Gasteiger partial charge in [-0.25, -0.2) is 9.97 Å². The number of rotatable bonds is 4.